The van der Waals surface area contributed by atoms with Crippen molar-refractivity contribution in [1.82, 2.24) is 0 Å². The Balaban J connectivity index is 2.09. The van der Waals surface area contributed by atoms with E-state index >= 15 is 0 Å². The van der Waals surface area contributed by atoms with E-state index in [0.29, 0.717) is 17.3 Å². The summed E-state index contributed by atoms with van der Waals surface area (Å²) in [6.45, 7) is 11.4. The lowest BCUT2D eigenvalue weighted by molar-refractivity contribution is 0.0328. The van der Waals surface area contributed by atoms with Gasteiger partial charge < -0.3 is 5.11 Å². The van der Waals surface area contributed by atoms with Crippen molar-refractivity contribution < 1.29 is 5.11 Å². The summed E-state index contributed by atoms with van der Waals surface area (Å²) in [5.41, 5.74) is 2.15. The van der Waals surface area contributed by atoms with Crippen molar-refractivity contribution in [2.45, 2.75) is 52.6 Å². The minimum absolute atomic E-state index is 0.0751. The van der Waals surface area contributed by atoms with Gasteiger partial charge in [0, 0.05) is 0 Å². The molecule has 0 heterocycles. The predicted molar refractivity (Wildman–Crippen MR) is 66.0 cm³/mol. The first-order valence-electron chi connectivity index (χ1n) is 6.77. The highest BCUT2D eigenvalue weighted by atomic mass is 16.3. The Kier molecular flexibility index (Phi) is 1.98. The lowest BCUT2D eigenvalue weighted by Gasteiger charge is -2.50. The molecule has 0 radical (unpaired) electrons. The molecule has 0 aromatic heterocycles. The van der Waals surface area contributed by atoms with E-state index in [1.165, 1.54) is 24.8 Å². The zero-order valence-corrected chi connectivity index (χ0v) is 10.8. The smallest absolute Gasteiger partial charge is 0.0574 e. The number of fused-ring (bicyclic) bond motifs is 1. The van der Waals surface area contributed by atoms with E-state index < -0.39 is 0 Å². The van der Waals surface area contributed by atoms with E-state index in [1.807, 2.05) is 0 Å². The lowest BCUT2D eigenvalue weighted by Crippen LogP contribution is -2.43. The van der Waals surface area contributed by atoms with Crippen molar-refractivity contribution in [3.8, 4) is 0 Å². The standard InChI is InChI=1S/C15H24O/c1-9-11-5-6-15(8-11)10(2)12(16)7-13(15)14(9,3)4/h10-13,16H,1,5-8H2,2-4H3/t10-,11?,12-,13?,15-/m1/s1. The monoisotopic (exact) mass is 220 g/mol. The molecule has 1 nitrogen and oxygen atoms in total. The highest BCUT2D eigenvalue weighted by Crippen LogP contribution is 2.70. The van der Waals surface area contributed by atoms with E-state index in [4.69, 9.17) is 0 Å². The SMILES string of the molecule is C=C1C2CC[C@]3(C2)C(C[C@@H](O)[C@H]3C)C1(C)C. The molecule has 3 aliphatic carbocycles. The summed E-state index contributed by atoms with van der Waals surface area (Å²) in [4.78, 5) is 0. The molecule has 3 aliphatic rings. The predicted octanol–water partition coefficient (Wildman–Crippen LogP) is 3.39. The fourth-order valence-electron chi connectivity index (χ4n) is 5.28. The molecular formula is C15H24O. The quantitative estimate of drug-likeness (QED) is 0.620. The third-order valence-electron chi connectivity index (χ3n) is 6.43. The highest BCUT2D eigenvalue weighted by Gasteiger charge is 2.63. The van der Waals surface area contributed by atoms with E-state index in [9.17, 15) is 5.11 Å². The third-order valence-corrected chi connectivity index (χ3v) is 6.43. The summed E-state index contributed by atoms with van der Waals surface area (Å²) in [6, 6.07) is 0. The van der Waals surface area contributed by atoms with Crippen LogP contribution in [0.1, 0.15) is 46.5 Å². The molecule has 0 aliphatic heterocycles. The van der Waals surface area contributed by atoms with Crippen LogP contribution in [-0.4, -0.2) is 11.2 Å². The van der Waals surface area contributed by atoms with E-state index in [-0.39, 0.29) is 11.5 Å². The number of aliphatic hydroxyl groups is 1. The Morgan fingerprint density at radius 3 is 2.75 bits per heavy atom. The van der Waals surface area contributed by atoms with Crippen LogP contribution in [0, 0.1) is 28.6 Å². The minimum atomic E-state index is -0.0751. The highest BCUT2D eigenvalue weighted by molar-refractivity contribution is 5.26. The fraction of sp³-hybridized carbons (Fsp3) is 0.867. The topological polar surface area (TPSA) is 20.2 Å². The summed E-state index contributed by atoms with van der Waals surface area (Å²) < 4.78 is 0. The Morgan fingerprint density at radius 2 is 2.06 bits per heavy atom. The van der Waals surface area contributed by atoms with Crippen LogP contribution in [0.5, 0.6) is 0 Å². The van der Waals surface area contributed by atoms with Crippen LogP contribution in [0.4, 0.5) is 0 Å². The van der Waals surface area contributed by atoms with Gasteiger partial charge in [-0.1, -0.05) is 32.9 Å². The molecule has 3 saturated carbocycles. The molecular weight excluding hydrogens is 196 g/mol. The second-order valence-electron chi connectivity index (χ2n) is 7.06. The van der Waals surface area contributed by atoms with Gasteiger partial charge in [-0.05, 0) is 54.3 Å². The van der Waals surface area contributed by atoms with Crippen LogP contribution in [0.15, 0.2) is 12.2 Å². The van der Waals surface area contributed by atoms with E-state index in [2.05, 4.69) is 27.4 Å². The molecule has 3 rings (SSSR count). The van der Waals surface area contributed by atoms with Crippen LogP contribution < -0.4 is 0 Å². The second kappa shape index (κ2) is 2.93. The van der Waals surface area contributed by atoms with Crippen molar-refractivity contribution in [1.29, 1.82) is 0 Å². The molecule has 1 heteroatoms. The first-order chi connectivity index (χ1) is 7.39. The Hall–Kier alpha value is -0.300. The summed E-state index contributed by atoms with van der Waals surface area (Å²) >= 11 is 0. The lowest BCUT2D eigenvalue weighted by atomic mass is 9.54. The van der Waals surface area contributed by atoms with Gasteiger partial charge in [0.2, 0.25) is 0 Å². The summed E-state index contributed by atoms with van der Waals surface area (Å²) in [5.74, 6) is 1.89. The fourth-order valence-corrected chi connectivity index (χ4v) is 5.28. The minimum Gasteiger partial charge on any atom is -0.393 e. The second-order valence-corrected chi connectivity index (χ2v) is 7.06. The molecule has 3 fully saturated rings. The summed E-state index contributed by atoms with van der Waals surface area (Å²) in [5, 5.41) is 10.2. The molecule has 0 amide bonds. The van der Waals surface area contributed by atoms with Gasteiger partial charge in [-0.2, -0.15) is 0 Å². The molecule has 0 saturated heterocycles. The van der Waals surface area contributed by atoms with Gasteiger partial charge in [0.15, 0.2) is 0 Å². The Bertz CT molecular complexity index is 343. The first-order valence-corrected chi connectivity index (χ1v) is 6.77. The molecule has 5 atom stereocenters. The van der Waals surface area contributed by atoms with Crippen LogP contribution in [-0.2, 0) is 0 Å². The third kappa shape index (κ3) is 1.01. The number of aliphatic hydroxyl groups excluding tert-OH is 1. The van der Waals surface area contributed by atoms with Crippen molar-refractivity contribution in [3.63, 3.8) is 0 Å². The molecule has 1 N–H and O–H groups in total. The number of hydrogen-bond donors (Lipinski definition) is 1. The normalized spacial score (nSPS) is 54.1. The number of hydrogen-bond acceptors (Lipinski definition) is 1. The van der Waals surface area contributed by atoms with Gasteiger partial charge in [0.25, 0.3) is 0 Å². The zero-order chi connectivity index (χ0) is 11.7. The van der Waals surface area contributed by atoms with Crippen LogP contribution in [0.25, 0.3) is 0 Å². The number of rotatable bonds is 0. The molecule has 90 valence electrons. The van der Waals surface area contributed by atoms with Gasteiger partial charge >= 0.3 is 0 Å². The molecule has 16 heavy (non-hydrogen) atoms. The van der Waals surface area contributed by atoms with Crippen LogP contribution in [0.2, 0.25) is 0 Å². The largest absolute Gasteiger partial charge is 0.393 e. The number of allylic oxidation sites excluding steroid dienone is 1. The van der Waals surface area contributed by atoms with Crippen LogP contribution >= 0.6 is 0 Å². The van der Waals surface area contributed by atoms with Crippen molar-refractivity contribution in [3.05, 3.63) is 12.2 Å². The Morgan fingerprint density at radius 1 is 1.38 bits per heavy atom. The van der Waals surface area contributed by atoms with Gasteiger partial charge in [-0.3, -0.25) is 0 Å². The molecule has 2 unspecified atom stereocenters. The maximum Gasteiger partial charge on any atom is 0.0574 e. The zero-order valence-electron chi connectivity index (χ0n) is 10.8. The van der Waals surface area contributed by atoms with Gasteiger partial charge in [-0.25, -0.2) is 0 Å². The molecule has 0 aromatic carbocycles. The van der Waals surface area contributed by atoms with E-state index in [0.717, 1.165) is 12.3 Å². The molecule has 2 bridgehead atoms. The van der Waals surface area contributed by atoms with Gasteiger partial charge in [-0.15, -0.1) is 0 Å². The van der Waals surface area contributed by atoms with Crippen molar-refractivity contribution in [2.24, 2.45) is 28.6 Å². The average molecular weight is 220 g/mol. The summed E-state index contributed by atoms with van der Waals surface area (Å²) in [6.07, 6.45) is 4.87. The first kappa shape index (κ1) is 10.8. The van der Waals surface area contributed by atoms with Crippen molar-refractivity contribution >= 4 is 0 Å². The molecule has 0 aromatic rings. The van der Waals surface area contributed by atoms with Crippen LogP contribution in [0.3, 0.4) is 0 Å². The van der Waals surface area contributed by atoms with E-state index in [1.54, 1.807) is 0 Å². The summed E-state index contributed by atoms with van der Waals surface area (Å²) in [7, 11) is 0. The van der Waals surface area contributed by atoms with Gasteiger partial charge in [0.1, 0.15) is 0 Å². The maximum absolute atomic E-state index is 10.2. The maximum atomic E-state index is 10.2. The van der Waals surface area contributed by atoms with Crippen molar-refractivity contribution in [2.75, 3.05) is 0 Å². The van der Waals surface area contributed by atoms with Gasteiger partial charge in [0.05, 0.1) is 6.10 Å². The average Bonchev–Trinajstić information content (AvgIpc) is 2.74. The molecule has 1 spiro atoms. The Labute approximate surface area is 98.9 Å².